The molecule has 3 N–H and O–H groups in total. The van der Waals surface area contributed by atoms with E-state index >= 15 is 0 Å². The smallest absolute Gasteiger partial charge is 0.270 e. The number of amides is 2. The highest BCUT2D eigenvalue weighted by Crippen LogP contribution is 2.22. The van der Waals surface area contributed by atoms with E-state index < -0.39 is 5.91 Å². The Balaban J connectivity index is 1.38. The molecule has 1 saturated heterocycles. The Hall–Kier alpha value is -5.04. The summed E-state index contributed by atoms with van der Waals surface area (Å²) in [5.41, 5.74) is 1.31. The quantitative estimate of drug-likeness (QED) is 0.235. The molecule has 1 aliphatic rings. The first kappa shape index (κ1) is 30.9. The van der Waals surface area contributed by atoms with Gasteiger partial charge in [0.15, 0.2) is 11.4 Å². The molecule has 4 rings (SSSR count). The number of hydrogen-bond acceptors (Lipinski definition) is 9. The number of benzene rings is 2. The van der Waals surface area contributed by atoms with Gasteiger partial charge in [-0.25, -0.2) is 0 Å². The van der Waals surface area contributed by atoms with Crippen molar-refractivity contribution < 1.29 is 14.4 Å². The van der Waals surface area contributed by atoms with Crippen molar-refractivity contribution in [3.8, 4) is 12.1 Å². The number of Topliss-reactive ketones (excluding diaryl/α,β-unsaturated/α-hetero) is 1. The molecule has 0 atom stereocenters. The number of piperidine rings is 1. The summed E-state index contributed by atoms with van der Waals surface area (Å²) >= 11 is 0.992. The molecule has 0 bridgehead atoms. The number of anilines is 2. The second-order valence-electron chi connectivity index (χ2n) is 9.85. The topological polar surface area (TPSA) is 160 Å². The normalized spacial score (nSPS) is 14.7. The minimum absolute atomic E-state index is 0.0355. The first-order valence-corrected chi connectivity index (χ1v) is 14.6. The monoisotopic (exact) mass is 597 g/mol. The third kappa shape index (κ3) is 7.83. The maximum atomic E-state index is 12.9. The van der Waals surface area contributed by atoms with Crippen molar-refractivity contribution in [3.63, 3.8) is 0 Å². The van der Waals surface area contributed by atoms with Gasteiger partial charge in [-0.05, 0) is 51.1 Å². The number of nitrogens with zero attached hydrogens (tertiary/aromatic N) is 4. The predicted octanol–water partition coefficient (Wildman–Crippen LogP) is 1.63. The summed E-state index contributed by atoms with van der Waals surface area (Å²) in [5, 5.41) is 26.5. The van der Waals surface area contributed by atoms with E-state index in [-0.39, 0.29) is 57.6 Å². The van der Waals surface area contributed by atoms with E-state index in [0.29, 0.717) is 37.3 Å². The lowest BCUT2D eigenvalue weighted by Crippen LogP contribution is -2.40. The van der Waals surface area contributed by atoms with Gasteiger partial charge in [0.2, 0.25) is 5.91 Å². The molecule has 1 aliphatic heterocycles. The van der Waals surface area contributed by atoms with E-state index in [4.69, 9.17) is 5.26 Å². The van der Waals surface area contributed by atoms with Crippen molar-refractivity contribution in [1.82, 2.24) is 14.8 Å². The van der Waals surface area contributed by atoms with Crippen molar-refractivity contribution in [2.75, 3.05) is 36.8 Å². The molecule has 2 heterocycles. The first-order chi connectivity index (χ1) is 20.8. The number of hydrogen-bond donors (Lipinski definition) is 3. The molecule has 0 radical (unpaired) electrons. The Kier molecular flexibility index (Phi) is 10.6. The Morgan fingerprint density at radius 3 is 2.44 bits per heavy atom. The summed E-state index contributed by atoms with van der Waals surface area (Å²) in [4.78, 5) is 52.8. The van der Waals surface area contributed by atoms with Gasteiger partial charge in [0, 0.05) is 35.6 Å². The van der Waals surface area contributed by atoms with Crippen molar-refractivity contribution in [2.24, 2.45) is 5.92 Å². The van der Waals surface area contributed by atoms with E-state index in [2.05, 4.69) is 16.0 Å². The molecule has 0 saturated carbocycles. The number of nitriles is 2. The standard InChI is InChI=1S/C31H31N7O4S/c1-2-38-30(42)26(43-31(38)25(18-33)29(41)34-14-13-32)19-35-23-9-6-10-24(17-23)36-27(39)20-37-15-11-22(12-16-37)28(40)21-7-4-3-5-8-21/h3-10,17,19,22,35H,2,11-12,14-16,20H2,1H3,(H,34,41)(H,36,39)/b26-19+,31-25-. The zero-order chi connectivity index (χ0) is 30.8. The van der Waals surface area contributed by atoms with Crippen LogP contribution in [0.1, 0.15) is 30.1 Å². The summed E-state index contributed by atoms with van der Waals surface area (Å²) in [5.74, 6) is -0.771. The zero-order valence-corrected chi connectivity index (χ0v) is 24.4. The lowest BCUT2D eigenvalue weighted by molar-refractivity contribution is -0.117. The van der Waals surface area contributed by atoms with Gasteiger partial charge in [0.05, 0.1) is 12.6 Å². The molecule has 11 nitrogen and oxygen atoms in total. The highest BCUT2D eigenvalue weighted by molar-refractivity contribution is 7.07. The molecule has 2 aromatic carbocycles. The molecule has 1 fully saturated rings. The lowest BCUT2D eigenvalue weighted by atomic mass is 9.89. The third-order valence-corrected chi connectivity index (χ3v) is 8.14. The van der Waals surface area contributed by atoms with Gasteiger partial charge in [0.1, 0.15) is 21.8 Å². The van der Waals surface area contributed by atoms with Crippen LogP contribution in [0.4, 0.5) is 11.4 Å². The molecule has 0 unspecified atom stereocenters. The third-order valence-electron chi connectivity index (χ3n) is 7.00. The summed E-state index contributed by atoms with van der Waals surface area (Å²) in [6, 6.07) is 19.9. The summed E-state index contributed by atoms with van der Waals surface area (Å²) in [6.45, 7) is 3.26. The van der Waals surface area contributed by atoms with Crippen LogP contribution < -0.4 is 30.7 Å². The van der Waals surface area contributed by atoms with E-state index in [1.165, 1.54) is 10.8 Å². The number of carbonyl (C=O) groups excluding carboxylic acids is 3. The number of carbonyl (C=O) groups is 3. The van der Waals surface area contributed by atoms with Crippen molar-refractivity contribution in [2.45, 2.75) is 26.3 Å². The lowest BCUT2D eigenvalue weighted by Gasteiger charge is -2.30. The molecule has 0 aliphatic carbocycles. The molecule has 220 valence electrons. The molecule has 43 heavy (non-hydrogen) atoms. The van der Waals surface area contributed by atoms with E-state index in [1.807, 2.05) is 41.3 Å². The van der Waals surface area contributed by atoms with Crippen LogP contribution in [0.3, 0.4) is 0 Å². The molecule has 0 spiro atoms. The Morgan fingerprint density at radius 1 is 1.05 bits per heavy atom. The number of ketones is 1. The second-order valence-corrected chi connectivity index (χ2v) is 10.9. The van der Waals surface area contributed by atoms with Gasteiger partial charge < -0.3 is 16.0 Å². The summed E-state index contributed by atoms with van der Waals surface area (Å²) < 4.78 is 1.81. The highest BCUT2D eigenvalue weighted by Gasteiger charge is 2.26. The van der Waals surface area contributed by atoms with Gasteiger partial charge in [-0.3, -0.25) is 28.6 Å². The van der Waals surface area contributed by atoms with Gasteiger partial charge >= 0.3 is 0 Å². The fourth-order valence-corrected chi connectivity index (χ4v) is 5.91. The molecule has 12 heteroatoms. The molecular weight excluding hydrogens is 566 g/mol. The van der Waals surface area contributed by atoms with Crippen LogP contribution in [0.5, 0.6) is 0 Å². The van der Waals surface area contributed by atoms with E-state index in [1.54, 1.807) is 37.3 Å². The zero-order valence-electron chi connectivity index (χ0n) is 23.6. The van der Waals surface area contributed by atoms with E-state index in [9.17, 15) is 24.4 Å². The minimum Gasteiger partial charge on any atom is -0.360 e. The number of nitrogens with one attached hydrogen (secondary N) is 3. The van der Waals surface area contributed by atoms with Crippen LogP contribution in [-0.4, -0.2) is 53.2 Å². The molecule has 3 aromatic rings. The number of likely N-dealkylation sites (tertiary alicyclic amines) is 1. The summed E-state index contributed by atoms with van der Waals surface area (Å²) in [7, 11) is 0. The molecular formula is C31H31N7O4S. The minimum atomic E-state index is -0.722. The predicted molar refractivity (Wildman–Crippen MR) is 164 cm³/mol. The van der Waals surface area contributed by atoms with Crippen LogP contribution in [0, 0.1) is 28.6 Å². The molecule has 1 aromatic heterocycles. The van der Waals surface area contributed by atoms with Crippen LogP contribution in [0.2, 0.25) is 0 Å². The fraction of sp³-hybridized carbons (Fsp3) is 0.290. The number of thiazole rings is 1. The van der Waals surface area contributed by atoms with Gasteiger partial charge in [-0.1, -0.05) is 36.4 Å². The average Bonchev–Trinajstić information content (AvgIpc) is 3.34. The van der Waals surface area contributed by atoms with Crippen LogP contribution in [-0.2, 0) is 16.1 Å². The van der Waals surface area contributed by atoms with Gasteiger partial charge in [-0.15, -0.1) is 11.3 Å². The first-order valence-electron chi connectivity index (χ1n) is 13.8. The van der Waals surface area contributed by atoms with Crippen molar-refractivity contribution >= 4 is 52.1 Å². The van der Waals surface area contributed by atoms with E-state index in [0.717, 1.165) is 16.9 Å². The van der Waals surface area contributed by atoms with Crippen LogP contribution in [0.15, 0.2) is 59.4 Å². The van der Waals surface area contributed by atoms with Crippen molar-refractivity contribution in [1.29, 1.82) is 10.5 Å². The Morgan fingerprint density at radius 2 is 1.77 bits per heavy atom. The van der Waals surface area contributed by atoms with Crippen LogP contribution in [0.25, 0.3) is 11.8 Å². The SMILES string of the molecule is CCn1c(=O)/c(=C\Nc2cccc(NC(=O)CN3CCC(C(=O)c4ccccc4)CC3)c2)s/c1=C(/C#N)C(=O)NCC#N. The summed E-state index contributed by atoms with van der Waals surface area (Å²) in [6.07, 6.45) is 2.91. The largest absolute Gasteiger partial charge is 0.360 e. The number of aromatic nitrogens is 1. The Labute approximate surface area is 252 Å². The maximum absolute atomic E-state index is 12.9. The van der Waals surface area contributed by atoms with Crippen molar-refractivity contribution in [3.05, 3.63) is 79.7 Å². The Bertz CT molecular complexity index is 1760. The number of rotatable bonds is 10. The molecule has 2 amide bonds. The average molecular weight is 598 g/mol. The van der Waals surface area contributed by atoms with Gasteiger partial charge in [0.25, 0.3) is 11.5 Å². The maximum Gasteiger partial charge on any atom is 0.270 e. The van der Waals surface area contributed by atoms with Gasteiger partial charge in [-0.2, -0.15) is 10.5 Å². The highest BCUT2D eigenvalue weighted by atomic mass is 32.1. The fourth-order valence-electron chi connectivity index (χ4n) is 4.83. The van der Waals surface area contributed by atoms with Crippen LogP contribution >= 0.6 is 11.3 Å². The second kappa shape index (κ2) is 14.7.